The molecule has 0 radical (unpaired) electrons. The Morgan fingerprint density at radius 1 is 1.32 bits per heavy atom. The third-order valence-corrected chi connectivity index (χ3v) is 6.20. The number of aryl methyl sites for hydroxylation is 1. The largest absolute Gasteiger partial charge is 0.368 e. The summed E-state index contributed by atoms with van der Waals surface area (Å²) in [5.74, 6) is 1.37. The molecular weight excluding hydrogens is 294 g/mol. The number of nitrogen functional groups attached to an aromatic ring is 1. The molecule has 1 atom stereocenters. The van der Waals surface area contributed by atoms with Gasteiger partial charge in [0.1, 0.15) is 0 Å². The number of aromatic nitrogens is 2. The van der Waals surface area contributed by atoms with Gasteiger partial charge < -0.3 is 16.4 Å². The molecular formula is C16H23N5S. The van der Waals surface area contributed by atoms with E-state index in [1.165, 1.54) is 21.6 Å². The predicted molar refractivity (Wildman–Crippen MR) is 92.4 cm³/mol. The molecule has 0 aromatic carbocycles. The molecule has 118 valence electrons. The minimum Gasteiger partial charge on any atom is -0.368 e. The van der Waals surface area contributed by atoms with E-state index in [0.717, 1.165) is 43.7 Å². The van der Waals surface area contributed by atoms with E-state index < -0.39 is 0 Å². The fourth-order valence-corrected chi connectivity index (χ4v) is 4.94. The summed E-state index contributed by atoms with van der Waals surface area (Å²) in [7, 11) is 0. The van der Waals surface area contributed by atoms with Crippen molar-refractivity contribution in [1.29, 1.82) is 0 Å². The van der Waals surface area contributed by atoms with Gasteiger partial charge in [-0.15, -0.1) is 11.3 Å². The number of thiophene rings is 1. The highest BCUT2D eigenvalue weighted by Crippen LogP contribution is 2.44. The maximum atomic E-state index is 6.06. The molecule has 1 aliphatic heterocycles. The molecule has 22 heavy (non-hydrogen) atoms. The lowest BCUT2D eigenvalue weighted by molar-refractivity contribution is 0.319. The zero-order chi connectivity index (χ0) is 15.5. The van der Waals surface area contributed by atoms with Crippen LogP contribution in [-0.2, 0) is 12.8 Å². The summed E-state index contributed by atoms with van der Waals surface area (Å²) in [5.41, 5.74) is 14.9. The van der Waals surface area contributed by atoms with Crippen LogP contribution in [0.4, 0.5) is 11.8 Å². The van der Waals surface area contributed by atoms with E-state index in [1.807, 2.05) is 11.3 Å². The Kier molecular flexibility index (Phi) is 3.10. The van der Waals surface area contributed by atoms with Crippen LogP contribution in [0.2, 0.25) is 0 Å². The minimum atomic E-state index is 0.236. The van der Waals surface area contributed by atoms with Crippen molar-refractivity contribution in [1.82, 2.24) is 9.97 Å². The van der Waals surface area contributed by atoms with Crippen LogP contribution in [0, 0.1) is 5.41 Å². The summed E-state index contributed by atoms with van der Waals surface area (Å²) >= 11 is 1.86. The molecule has 1 saturated heterocycles. The van der Waals surface area contributed by atoms with Crippen molar-refractivity contribution >= 4 is 33.3 Å². The van der Waals surface area contributed by atoms with Gasteiger partial charge >= 0.3 is 0 Å². The molecule has 5 nitrogen and oxygen atoms in total. The molecule has 4 rings (SSSR count). The second kappa shape index (κ2) is 4.80. The van der Waals surface area contributed by atoms with Crippen LogP contribution in [0.3, 0.4) is 0 Å². The van der Waals surface area contributed by atoms with Crippen molar-refractivity contribution in [3.8, 4) is 0 Å². The highest BCUT2D eigenvalue weighted by molar-refractivity contribution is 7.19. The van der Waals surface area contributed by atoms with Gasteiger partial charge in [-0.3, -0.25) is 0 Å². The Balaban J connectivity index is 1.87. The van der Waals surface area contributed by atoms with Crippen molar-refractivity contribution in [2.45, 2.75) is 45.6 Å². The first-order valence-corrected chi connectivity index (χ1v) is 8.83. The molecule has 0 unspecified atom stereocenters. The van der Waals surface area contributed by atoms with Crippen molar-refractivity contribution in [3.63, 3.8) is 0 Å². The van der Waals surface area contributed by atoms with Gasteiger partial charge in [-0.2, -0.15) is 4.98 Å². The molecule has 1 aliphatic carbocycles. The van der Waals surface area contributed by atoms with Crippen LogP contribution in [0.5, 0.6) is 0 Å². The van der Waals surface area contributed by atoms with Crippen LogP contribution in [-0.4, -0.2) is 29.1 Å². The summed E-state index contributed by atoms with van der Waals surface area (Å²) in [6.45, 7) is 6.50. The van der Waals surface area contributed by atoms with Crippen LogP contribution in [0.1, 0.15) is 37.1 Å². The van der Waals surface area contributed by atoms with Crippen molar-refractivity contribution in [2.75, 3.05) is 23.7 Å². The minimum absolute atomic E-state index is 0.236. The number of rotatable bonds is 1. The van der Waals surface area contributed by atoms with Crippen LogP contribution >= 0.6 is 11.3 Å². The van der Waals surface area contributed by atoms with Gasteiger partial charge in [0, 0.05) is 24.0 Å². The lowest BCUT2D eigenvalue weighted by atomic mass is 9.77. The standard InChI is InChI=1S/C16H23N5S/c1-16(2)5-3-11-10(7-16)12-13(22-11)14(20-15(18)19-12)21-6-4-9(17)8-21/h9H,3-8,17H2,1-2H3,(H2,18,19,20)/t9-/m1/s1. The normalized spacial score (nSPS) is 24.0. The Bertz CT molecular complexity index is 736. The molecule has 2 aromatic rings. The molecule has 2 aromatic heterocycles. The monoisotopic (exact) mass is 317 g/mol. The molecule has 0 saturated carbocycles. The highest BCUT2D eigenvalue weighted by atomic mass is 32.1. The predicted octanol–water partition coefficient (Wildman–Crippen LogP) is 2.33. The lowest BCUT2D eigenvalue weighted by Crippen LogP contribution is -2.27. The van der Waals surface area contributed by atoms with Gasteiger partial charge in [-0.1, -0.05) is 13.8 Å². The third kappa shape index (κ3) is 2.25. The fraction of sp³-hybridized carbons (Fsp3) is 0.625. The molecule has 0 spiro atoms. The summed E-state index contributed by atoms with van der Waals surface area (Å²) < 4.78 is 1.20. The summed E-state index contributed by atoms with van der Waals surface area (Å²) in [6, 6.07) is 0.236. The Morgan fingerprint density at radius 3 is 2.86 bits per heavy atom. The van der Waals surface area contributed by atoms with E-state index in [4.69, 9.17) is 11.5 Å². The van der Waals surface area contributed by atoms with E-state index >= 15 is 0 Å². The number of anilines is 2. The van der Waals surface area contributed by atoms with Gasteiger partial charge in [0.25, 0.3) is 0 Å². The van der Waals surface area contributed by atoms with Gasteiger partial charge in [0.05, 0.1) is 10.2 Å². The average molecular weight is 317 g/mol. The smallest absolute Gasteiger partial charge is 0.222 e. The van der Waals surface area contributed by atoms with Gasteiger partial charge in [-0.25, -0.2) is 4.98 Å². The van der Waals surface area contributed by atoms with E-state index in [1.54, 1.807) is 0 Å². The molecule has 6 heteroatoms. The molecule has 4 N–H and O–H groups in total. The Morgan fingerprint density at radius 2 is 2.14 bits per heavy atom. The summed E-state index contributed by atoms with van der Waals surface area (Å²) in [5, 5.41) is 0. The maximum Gasteiger partial charge on any atom is 0.222 e. The first-order chi connectivity index (χ1) is 10.4. The number of fused-ring (bicyclic) bond motifs is 3. The van der Waals surface area contributed by atoms with Crippen molar-refractivity contribution in [3.05, 3.63) is 10.4 Å². The van der Waals surface area contributed by atoms with Crippen LogP contribution in [0.15, 0.2) is 0 Å². The first kappa shape index (κ1) is 14.2. The van der Waals surface area contributed by atoms with Gasteiger partial charge in [0.15, 0.2) is 5.82 Å². The molecule has 3 heterocycles. The number of hydrogen-bond donors (Lipinski definition) is 2. The molecule has 1 fully saturated rings. The Hall–Kier alpha value is -1.40. The lowest BCUT2D eigenvalue weighted by Gasteiger charge is -2.29. The highest BCUT2D eigenvalue weighted by Gasteiger charge is 2.31. The molecule has 0 bridgehead atoms. The van der Waals surface area contributed by atoms with Crippen LogP contribution < -0.4 is 16.4 Å². The number of nitrogens with zero attached hydrogens (tertiary/aromatic N) is 3. The quantitative estimate of drug-likeness (QED) is 0.843. The Labute approximate surface area is 134 Å². The summed E-state index contributed by atoms with van der Waals surface area (Å²) in [4.78, 5) is 12.9. The summed E-state index contributed by atoms with van der Waals surface area (Å²) in [6.07, 6.45) is 4.48. The second-order valence-corrected chi connectivity index (χ2v) is 8.53. The fourth-order valence-electron chi connectivity index (χ4n) is 3.67. The third-order valence-electron chi connectivity index (χ3n) is 4.92. The van der Waals surface area contributed by atoms with Crippen LogP contribution in [0.25, 0.3) is 10.2 Å². The van der Waals surface area contributed by atoms with Crippen molar-refractivity contribution < 1.29 is 0 Å². The molecule has 0 amide bonds. The second-order valence-electron chi connectivity index (χ2n) is 7.42. The molecule has 2 aliphatic rings. The van der Waals surface area contributed by atoms with E-state index in [-0.39, 0.29) is 6.04 Å². The van der Waals surface area contributed by atoms with Gasteiger partial charge in [-0.05, 0) is 36.7 Å². The maximum absolute atomic E-state index is 6.06. The van der Waals surface area contributed by atoms with Crippen molar-refractivity contribution in [2.24, 2.45) is 11.1 Å². The van der Waals surface area contributed by atoms with E-state index in [0.29, 0.717) is 11.4 Å². The first-order valence-electron chi connectivity index (χ1n) is 8.01. The zero-order valence-corrected chi connectivity index (χ0v) is 14.0. The van der Waals surface area contributed by atoms with Gasteiger partial charge in [0.2, 0.25) is 5.95 Å². The number of hydrogen-bond acceptors (Lipinski definition) is 6. The zero-order valence-electron chi connectivity index (χ0n) is 13.2. The van der Waals surface area contributed by atoms with E-state index in [2.05, 4.69) is 28.7 Å². The van der Waals surface area contributed by atoms with E-state index in [9.17, 15) is 0 Å². The topological polar surface area (TPSA) is 81.1 Å². The average Bonchev–Trinajstić information content (AvgIpc) is 3.01. The number of nitrogens with two attached hydrogens (primary N) is 2. The SMILES string of the molecule is CC1(C)CCc2sc3c(N4CC[C@@H](N)C4)nc(N)nc3c2C1.